The molecule has 4 rings (SSSR count). The maximum absolute atomic E-state index is 2.54. The maximum Gasteiger partial charge on any atom is -1.00 e. The van der Waals surface area contributed by atoms with Gasteiger partial charge in [-0.1, -0.05) is 0 Å². The second-order valence-corrected chi connectivity index (χ2v) is 13.1. The third kappa shape index (κ3) is 3.58. The Hall–Kier alpha value is -0.387. The van der Waals surface area contributed by atoms with Gasteiger partial charge in [-0.2, -0.15) is 0 Å². The van der Waals surface area contributed by atoms with E-state index in [0.717, 1.165) is 13.2 Å². The molecule has 4 heteroatoms. The fourth-order valence-electron chi connectivity index (χ4n) is 4.16. The fourth-order valence-corrected chi connectivity index (χ4v) is 12.4. The first-order valence-corrected chi connectivity index (χ1v) is 13.4. The second kappa shape index (κ2) is 8.33. The zero-order chi connectivity index (χ0) is 15.1. The van der Waals surface area contributed by atoms with Crippen LogP contribution in [0.3, 0.4) is 0 Å². The molecule has 0 amide bonds. The van der Waals surface area contributed by atoms with Crippen molar-refractivity contribution in [2.24, 2.45) is 5.92 Å². The Bertz CT molecular complexity index is 678. The van der Waals surface area contributed by atoms with Crippen molar-refractivity contribution in [1.29, 1.82) is 0 Å². The van der Waals surface area contributed by atoms with Crippen LogP contribution >= 0.6 is 7.92 Å². The SMILES string of the molecule is CP(C)C1=Cc2ccccc2[CH]1[Zr+2][CH]1CCC2CC=CC=C21.[F-].[F-]. The molecule has 1 aromatic rings. The Morgan fingerprint density at radius 2 is 1.88 bits per heavy atom. The van der Waals surface area contributed by atoms with Gasteiger partial charge in [0.25, 0.3) is 0 Å². The topological polar surface area (TPSA) is 0 Å². The summed E-state index contributed by atoms with van der Waals surface area (Å²) in [6.45, 7) is 4.89. The number of hydrogen-bond acceptors (Lipinski definition) is 0. The number of benzene rings is 1. The van der Waals surface area contributed by atoms with Gasteiger partial charge >= 0.3 is 148 Å². The van der Waals surface area contributed by atoms with Crippen LogP contribution in [0.2, 0.25) is 3.63 Å². The van der Waals surface area contributed by atoms with Crippen LogP contribution < -0.4 is 9.41 Å². The standard InChI is InChI=1S/C11H12P.C9H11.2FH.Zr/c1-12(2)11-7-9-5-3-4-6-10(9)8-11;1-2-5-9-7-3-6-8(9)4-1;;;/h3-8H,1-2H3;1-2,4,6,9H,3,5,7H2;2*1H;/q;;;;+2/p-2. The maximum atomic E-state index is 2.54. The molecule has 0 N–H and O–H groups in total. The van der Waals surface area contributed by atoms with Gasteiger partial charge in [0, 0.05) is 0 Å². The minimum atomic E-state index is -0.488. The van der Waals surface area contributed by atoms with Crippen LogP contribution in [-0.2, 0) is 23.2 Å². The Morgan fingerprint density at radius 3 is 2.67 bits per heavy atom. The van der Waals surface area contributed by atoms with Crippen molar-refractivity contribution in [3.05, 3.63) is 64.5 Å². The van der Waals surface area contributed by atoms with Gasteiger partial charge in [-0.05, 0) is 0 Å². The van der Waals surface area contributed by atoms with Crippen LogP contribution in [0.25, 0.3) is 6.08 Å². The molecule has 3 unspecified atom stereocenters. The Morgan fingerprint density at radius 1 is 1.08 bits per heavy atom. The van der Waals surface area contributed by atoms with Crippen molar-refractivity contribution in [3.63, 3.8) is 0 Å². The van der Waals surface area contributed by atoms with Crippen LogP contribution in [0.4, 0.5) is 0 Å². The fraction of sp³-hybridized carbons (Fsp3) is 0.400. The number of rotatable bonds is 3. The molecule has 0 aliphatic heterocycles. The van der Waals surface area contributed by atoms with Crippen LogP contribution in [-0.4, -0.2) is 13.3 Å². The van der Waals surface area contributed by atoms with E-state index in [9.17, 15) is 0 Å². The summed E-state index contributed by atoms with van der Waals surface area (Å²) < 4.78 is 1.82. The van der Waals surface area contributed by atoms with E-state index in [1.165, 1.54) is 24.8 Å². The molecular weight excluding hydrogens is 400 g/mol. The summed E-state index contributed by atoms with van der Waals surface area (Å²) in [6, 6.07) is 9.18. The van der Waals surface area contributed by atoms with Crippen LogP contribution in [0.5, 0.6) is 0 Å². The molecule has 0 aromatic heterocycles. The van der Waals surface area contributed by atoms with E-state index in [-0.39, 0.29) is 17.3 Å². The smallest absolute Gasteiger partial charge is 1.00 e. The molecule has 1 saturated carbocycles. The molecule has 3 aliphatic carbocycles. The number of fused-ring (bicyclic) bond motifs is 2. The van der Waals surface area contributed by atoms with Gasteiger partial charge in [0.2, 0.25) is 0 Å². The van der Waals surface area contributed by atoms with E-state index in [1.54, 1.807) is 10.9 Å². The Kier molecular flexibility index (Phi) is 6.92. The van der Waals surface area contributed by atoms with Crippen molar-refractivity contribution in [2.75, 3.05) is 13.3 Å². The summed E-state index contributed by atoms with van der Waals surface area (Å²) in [4.78, 5) is 0. The Balaban J connectivity index is 0.00000104. The number of hydrogen-bond donors (Lipinski definition) is 0. The normalized spacial score (nSPS) is 26.5. The third-order valence-electron chi connectivity index (χ3n) is 5.31. The summed E-state index contributed by atoms with van der Waals surface area (Å²) in [7, 11) is 0.0435. The quantitative estimate of drug-likeness (QED) is 0.601. The number of halogens is 2. The minimum Gasteiger partial charge on any atom is -1.00 e. The van der Waals surface area contributed by atoms with Gasteiger partial charge < -0.3 is 9.41 Å². The molecule has 1 aromatic carbocycles. The summed E-state index contributed by atoms with van der Waals surface area (Å²) >= 11 is -0.488. The zero-order valence-electron chi connectivity index (χ0n) is 14.2. The van der Waals surface area contributed by atoms with Crippen molar-refractivity contribution < 1.29 is 32.6 Å². The first-order valence-electron chi connectivity index (χ1n) is 8.34. The molecular formula is C20H23F2PZr. The molecule has 3 aliphatic rings. The molecule has 0 bridgehead atoms. The first-order chi connectivity index (χ1) is 10.7. The average molecular weight is 424 g/mol. The van der Waals surface area contributed by atoms with E-state index in [4.69, 9.17) is 0 Å². The van der Waals surface area contributed by atoms with Crippen LogP contribution in [0.1, 0.15) is 34.0 Å². The van der Waals surface area contributed by atoms with Crippen molar-refractivity contribution in [3.8, 4) is 0 Å². The van der Waals surface area contributed by atoms with Crippen molar-refractivity contribution in [2.45, 2.75) is 26.5 Å². The summed E-state index contributed by atoms with van der Waals surface area (Å²) in [5.74, 6) is 0.893. The molecule has 24 heavy (non-hydrogen) atoms. The van der Waals surface area contributed by atoms with Gasteiger partial charge in [0.15, 0.2) is 0 Å². The zero-order valence-corrected chi connectivity index (χ0v) is 17.5. The molecule has 0 spiro atoms. The van der Waals surface area contributed by atoms with Gasteiger partial charge in [-0.15, -0.1) is 0 Å². The first kappa shape index (κ1) is 19.9. The predicted molar refractivity (Wildman–Crippen MR) is 94.2 cm³/mol. The molecule has 0 radical (unpaired) electrons. The van der Waals surface area contributed by atoms with E-state index in [2.05, 4.69) is 61.9 Å². The largest absolute Gasteiger partial charge is 1.00 e. The third-order valence-corrected chi connectivity index (χ3v) is 12.2. The molecule has 126 valence electrons. The Labute approximate surface area is 156 Å². The summed E-state index contributed by atoms with van der Waals surface area (Å²) in [6.07, 6.45) is 13.9. The van der Waals surface area contributed by atoms with E-state index in [1.807, 2.05) is 5.57 Å². The van der Waals surface area contributed by atoms with Crippen LogP contribution in [0.15, 0.2) is 53.4 Å². The molecule has 0 heterocycles. The summed E-state index contributed by atoms with van der Waals surface area (Å²) in [5, 5.41) is 1.79. The van der Waals surface area contributed by atoms with E-state index >= 15 is 0 Å². The molecule has 3 atom stereocenters. The average Bonchev–Trinajstić information content (AvgIpc) is 3.10. The van der Waals surface area contributed by atoms with E-state index in [0.29, 0.717) is 0 Å². The monoisotopic (exact) mass is 422 g/mol. The van der Waals surface area contributed by atoms with Gasteiger partial charge in [0.1, 0.15) is 0 Å². The molecule has 1 fully saturated rings. The number of allylic oxidation sites excluding steroid dienone is 5. The van der Waals surface area contributed by atoms with Gasteiger partial charge in [0.05, 0.1) is 0 Å². The van der Waals surface area contributed by atoms with Crippen molar-refractivity contribution >= 4 is 14.0 Å². The van der Waals surface area contributed by atoms with Crippen molar-refractivity contribution in [1.82, 2.24) is 0 Å². The van der Waals surface area contributed by atoms with Crippen LogP contribution in [0, 0.1) is 5.92 Å². The summed E-state index contributed by atoms with van der Waals surface area (Å²) in [5.41, 5.74) is 5.01. The minimum absolute atomic E-state index is 0. The molecule has 0 saturated heterocycles. The molecule has 0 nitrogen and oxygen atoms in total. The van der Waals surface area contributed by atoms with Gasteiger partial charge in [-0.25, -0.2) is 0 Å². The predicted octanol–water partition coefficient (Wildman–Crippen LogP) is -0.001000. The van der Waals surface area contributed by atoms with Gasteiger partial charge in [-0.3, -0.25) is 0 Å². The second-order valence-electron chi connectivity index (χ2n) is 6.85. The van der Waals surface area contributed by atoms with E-state index < -0.39 is 23.2 Å².